The van der Waals surface area contributed by atoms with Gasteiger partial charge in [-0.2, -0.15) is 0 Å². The zero-order valence-corrected chi connectivity index (χ0v) is 9.34. The van der Waals surface area contributed by atoms with Crippen LogP contribution in [0.5, 0.6) is 0 Å². The molecule has 0 aromatic rings. The van der Waals surface area contributed by atoms with Crippen LogP contribution in [0.25, 0.3) is 0 Å². The molecule has 0 amide bonds. The molecule has 0 radical (unpaired) electrons. The molecule has 13 heavy (non-hydrogen) atoms. The summed E-state index contributed by atoms with van der Waals surface area (Å²) in [4.78, 5) is 0. The van der Waals surface area contributed by atoms with Crippen LogP contribution in [0, 0.1) is 17.3 Å². The van der Waals surface area contributed by atoms with Crippen LogP contribution in [-0.2, 0) is 0 Å². The van der Waals surface area contributed by atoms with Crippen LogP contribution >= 0.6 is 0 Å². The van der Waals surface area contributed by atoms with Crippen molar-refractivity contribution in [2.24, 2.45) is 17.3 Å². The summed E-state index contributed by atoms with van der Waals surface area (Å²) in [7, 11) is 0. The number of rotatable bonds is 3. The molecule has 78 valence electrons. The van der Waals surface area contributed by atoms with E-state index in [9.17, 15) is 0 Å². The van der Waals surface area contributed by atoms with Gasteiger partial charge in [-0.1, -0.05) is 33.6 Å². The monoisotopic (exact) mass is 184 g/mol. The first-order chi connectivity index (χ1) is 6.08. The van der Waals surface area contributed by atoms with E-state index in [1.807, 2.05) is 0 Å². The van der Waals surface area contributed by atoms with Crippen molar-refractivity contribution >= 4 is 0 Å². The fourth-order valence-corrected chi connectivity index (χ4v) is 3.02. The molecule has 1 fully saturated rings. The van der Waals surface area contributed by atoms with Gasteiger partial charge in [-0.25, -0.2) is 0 Å². The van der Waals surface area contributed by atoms with Crippen LogP contribution in [0.15, 0.2) is 0 Å². The summed E-state index contributed by atoms with van der Waals surface area (Å²) in [5.41, 5.74) is 0.507. The van der Waals surface area contributed by atoms with Gasteiger partial charge in [-0.15, -0.1) is 0 Å². The Labute approximate surface area is 82.5 Å². The van der Waals surface area contributed by atoms with Crippen molar-refractivity contribution in [2.45, 2.75) is 52.9 Å². The normalized spacial score (nSPS) is 33.2. The highest BCUT2D eigenvalue weighted by Crippen LogP contribution is 2.45. The van der Waals surface area contributed by atoms with Crippen molar-refractivity contribution in [3.05, 3.63) is 0 Å². The summed E-state index contributed by atoms with van der Waals surface area (Å²) in [5, 5.41) is 8.85. The Hall–Kier alpha value is -0.0400. The standard InChI is InChI=1S/C12H24O/c1-10-6-4-8-12(2,3)11(10)7-5-9-13/h10-11,13H,4-9H2,1-3H3. The Balaban J connectivity index is 2.52. The third-order valence-electron chi connectivity index (χ3n) is 3.84. The molecule has 1 heteroatoms. The van der Waals surface area contributed by atoms with E-state index in [4.69, 9.17) is 5.11 Å². The maximum atomic E-state index is 8.85. The molecule has 0 bridgehead atoms. The molecule has 0 saturated heterocycles. The zero-order valence-electron chi connectivity index (χ0n) is 9.34. The third kappa shape index (κ3) is 2.70. The minimum absolute atomic E-state index is 0.360. The van der Waals surface area contributed by atoms with Gasteiger partial charge in [0.25, 0.3) is 0 Å². The summed E-state index contributed by atoms with van der Waals surface area (Å²) in [6.07, 6.45) is 6.35. The van der Waals surface area contributed by atoms with Crippen LogP contribution in [0.1, 0.15) is 52.9 Å². The largest absolute Gasteiger partial charge is 0.396 e. The first-order valence-corrected chi connectivity index (χ1v) is 5.69. The Kier molecular flexibility index (Phi) is 3.78. The van der Waals surface area contributed by atoms with Crippen LogP contribution in [0.3, 0.4) is 0 Å². The van der Waals surface area contributed by atoms with E-state index in [-0.39, 0.29) is 0 Å². The summed E-state index contributed by atoms with van der Waals surface area (Å²) in [5.74, 6) is 1.68. The molecular formula is C12H24O. The quantitative estimate of drug-likeness (QED) is 0.714. The van der Waals surface area contributed by atoms with E-state index in [1.54, 1.807) is 0 Å². The molecular weight excluding hydrogens is 160 g/mol. The second kappa shape index (κ2) is 4.45. The highest BCUT2D eigenvalue weighted by molar-refractivity contribution is 4.86. The maximum Gasteiger partial charge on any atom is 0.0431 e. The molecule has 2 atom stereocenters. The molecule has 0 spiro atoms. The van der Waals surface area contributed by atoms with E-state index in [0.29, 0.717) is 12.0 Å². The van der Waals surface area contributed by atoms with Crippen LogP contribution in [0.4, 0.5) is 0 Å². The maximum absolute atomic E-state index is 8.85. The highest BCUT2D eigenvalue weighted by Gasteiger charge is 2.35. The Bertz CT molecular complexity index is 151. The molecule has 0 aromatic carbocycles. The predicted octanol–water partition coefficient (Wildman–Crippen LogP) is 3.22. The van der Waals surface area contributed by atoms with Crippen LogP contribution in [-0.4, -0.2) is 11.7 Å². The van der Waals surface area contributed by atoms with E-state index in [1.165, 1.54) is 25.7 Å². The Morgan fingerprint density at radius 1 is 1.38 bits per heavy atom. The van der Waals surface area contributed by atoms with E-state index >= 15 is 0 Å². The molecule has 0 heterocycles. The average Bonchev–Trinajstić information content (AvgIpc) is 2.02. The van der Waals surface area contributed by atoms with E-state index in [0.717, 1.165) is 18.3 Å². The SMILES string of the molecule is CC1CCCC(C)(C)C1CCCO. The lowest BCUT2D eigenvalue weighted by molar-refractivity contribution is 0.0699. The van der Waals surface area contributed by atoms with Crippen molar-refractivity contribution < 1.29 is 5.11 Å². The number of aliphatic hydroxyl groups excluding tert-OH is 1. The van der Waals surface area contributed by atoms with Crippen LogP contribution in [0.2, 0.25) is 0 Å². The lowest BCUT2D eigenvalue weighted by Crippen LogP contribution is -2.33. The van der Waals surface area contributed by atoms with Gasteiger partial charge in [0.05, 0.1) is 0 Å². The number of aliphatic hydroxyl groups is 1. The van der Waals surface area contributed by atoms with Crippen molar-refractivity contribution in [3.63, 3.8) is 0 Å². The smallest absolute Gasteiger partial charge is 0.0431 e. The molecule has 1 aliphatic carbocycles. The lowest BCUT2D eigenvalue weighted by atomic mass is 9.63. The average molecular weight is 184 g/mol. The van der Waals surface area contributed by atoms with Crippen molar-refractivity contribution in [1.29, 1.82) is 0 Å². The fourth-order valence-electron chi connectivity index (χ4n) is 3.02. The topological polar surface area (TPSA) is 20.2 Å². The first-order valence-electron chi connectivity index (χ1n) is 5.69. The first kappa shape index (κ1) is 11.0. The lowest BCUT2D eigenvalue weighted by Gasteiger charge is -2.43. The minimum Gasteiger partial charge on any atom is -0.396 e. The summed E-state index contributed by atoms with van der Waals surface area (Å²) < 4.78 is 0. The van der Waals surface area contributed by atoms with Crippen molar-refractivity contribution in [2.75, 3.05) is 6.61 Å². The van der Waals surface area contributed by atoms with Crippen molar-refractivity contribution in [3.8, 4) is 0 Å². The van der Waals surface area contributed by atoms with Gasteiger partial charge in [-0.05, 0) is 36.5 Å². The molecule has 0 aromatic heterocycles. The predicted molar refractivity (Wildman–Crippen MR) is 56.6 cm³/mol. The summed E-state index contributed by atoms with van der Waals surface area (Å²) in [6.45, 7) is 7.53. The van der Waals surface area contributed by atoms with Gasteiger partial charge in [0.1, 0.15) is 0 Å². The molecule has 1 N–H and O–H groups in total. The second-order valence-electron chi connectivity index (χ2n) is 5.33. The van der Waals surface area contributed by atoms with Crippen LogP contribution < -0.4 is 0 Å². The minimum atomic E-state index is 0.360. The third-order valence-corrected chi connectivity index (χ3v) is 3.84. The van der Waals surface area contributed by atoms with Gasteiger partial charge in [0, 0.05) is 6.61 Å². The molecule has 1 saturated carbocycles. The number of hydrogen-bond donors (Lipinski definition) is 1. The molecule has 1 aliphatic rings. The number of hydrogen-bond acceptors (Lipinski definition) is 1. The van der Waals surface area contributed by atoms with Gasteiger partial charge >= 0.3 is 0 Å². The van der Waals surface area contributed by atoms with Crippen molar-refractivity contribution in [1.82, 2.24) is 0 Å². The highest BCUT2D eigenvalue weighted by atomic mass is 16.2. The fraction of sp³-hybridized carbons (Fsp3) is 1.00. The molecule has 2 unspecified atom stereocenters. The second-order valence-corrected chi connectivity index (χ2v) is 5.33. The molecule has 1 nitrogen and oxygen atoms in total. The Morgan fingerprint density at radius 2 is 2.08 bits per heavy atom. The van der Waals surface area contributed by atoms with Gasteiger partial charge in [-0.3, -0.25) is 0 Å². The summed E-state index contributed by atoms with van der Waals surface area (Å²) in [6, 6.07) is 0. The zero-order chi connectivity index (χ0) is 9.90. The van der Waals surface area contributed by atoms with Gasteiger partial charge < -0.3 is 5.11 Å². The van der Waals surface area contributed by atoms with E-state index in [2.05, 4.69) is 20.8 Å². The van der Waals surface area contributed by atoms with E-state index < -0.39 is 0 Å². The molecule has 0 aliphatic heterocycles. The molecule has 1 rings (SSSR count). The van der Waals surface area contributed by atoms with Gasteiger partial charge in [0.15, 0.2) is 0 Å². The van der Waals surface area contributed by atoms with Gasteiger partial charge in [0.2, 0.25) is 0 Å². The summed E-state index contributed by atoms with van der Waals surface area (Å²) >= 11 is 0. The Morgan fingerprint density at radius 3 is 2.62 bits per heavy atom.